The Hall–Kier alpha value is -5.48. The quantitative estimate of drug-likeness (QED) is 0.0364. The maximum Gasteiger partial charge on any atom is 0.339 e. The third-order valence-electron chi connectivity index (χ3n) is 11.6. The number of ether oxygens (including phenoxy) is 4. The Kier molecular flexibility index (Phi) is 19.5. The number of hydrogen-bond acceptors (Lipinski definition) is 12. The molecule has 5 rings (SSSR count). The molecule has 62 heavy (non-hydrogen) atoms. The number of nitro benzene ring substituents is 2. The molecular formula is C46H62N4O12. The van der Waals surface area contributed by atoms with E-state index in [4.69, 9.17) is 18.9 Å². The van der Waals surface area contributed by atoms with Gasteiger partial charge in [0.1, 0.15) is 22.6 Å². The first-order valence-electron chi connectivity index (χ1n) is 22.2. The second-order valence-corrected chi connectivity index (χ2v) is 16.1. The monoisotopic (exact) mass is 862 g/mol. The van der Waals surface area contributed by atoms with Gasteiger partial charge in [-0.15, -0.1) is 0 Å². The van der Waals surface area contributed by atoms with E-state index in [2.05, 4.69) is 9.80 Å². The second kappa shape index (κ2) is 25.5. The summed E-state index contributed by atoms with van der Waals surface area (Å²) in [7, 11) is 0. The average Bonchev–Trinajstić information content (AvgIpc) is 3.94. The van der Waals surface area contributed by atoms with Crippen molar-refractivity contribution in [3.05, 3.63) is 92.0 Å². The number of rotatable bonds is 30. The number of carboxylic acid groups (broad SMARTS) is 2. The Morgan fingerprint density at radius 1 is 0.548 bits per heavy atom. The van der Waals surface area contributed by atoms with E-state index in [-0.39, 0.29) is 69.1 Å². The van der Waals surface area contributed by atoms with Gasteiger partial charge in [-0.3, -0.25) is 20.2 Å². The molecule has 16 heteroatoms. The lowest BCUT2D eigenvalue weighted by molar-refractivity contribution is -0.385. The highest BCUT2D eigenvalue weighted by atomic mass is 16.6. The molecule has 2 N–H and O–H groups in total. The molecule has 0 bridgehead atoms. The molecule has 2 fully saturated rings. The molecule has 0 unspecified atom stereocenters. The van der Waals surface area contributed by atoms with Crippen molar-refractivity contribution in [1.29, 1.82) is 0 Å². The summed E-state index contributed by atoms with van der Waals surface area (Å²) in [6.07, 6.45) is 15.4. The number of benzene rings is 3. The number of carbonyl (C=O) groups is 2. The molecule has 0 aliphatic carbocycles. The second-order valence-electron chi connectivity index (χ2n) is 16.1. The average molecular weight is 863 g/mol. The smallest absolute Gasteiger partial charge is 0.339 e. The highest BCUT2D eigenvalue weighted by molar-refractivity contribution is 5.97. The van der Waals surface area contributed by atoms with E-state index in [9.17, 15) is 40.0 Å². The van der Waals surface area contributed by atoms with E-state index in [0.717, 1.165) is 114 Å². The minimum absolute atomic E-state index is 0.0165. The van der Waals surface area contributed by atoms with Crippen molar-refractivity contribution in [2.45, 2.75) is 115 Å². The molecule has 0 saturated carbocycles. The van der Waals surface area contributed by atoms with Gasteiger partial charge in [-0.05, 0) is 87.8 Å². The minimum Gasteiger partial charge on any atom is -0.493 e. The Bertz CT molecular complexity index is 1740. The van der Waals surface area contributed by atoms with Gasteiger partial charge in [0.25, 0.3) is 11.4 Å². The molecule has 0 amide bonds. The molecule has 338 valence electrons. The van der Waals surface area contributed by atoms with Crippen LogP contribution in [0.15, 0.2) is 60.7 Å². The van der Waals surface area contributed by atoms with Gasteiger partial charge in [-0.25, -0.2) is 9.59 Å². The van der Waals surface area contributed by atoms with E-state index in [1.54, 1.807) is 48.5 Å². The predicted octanol–water partition coefficient (Wildman–Crippen LogP) is 9.71. The number of hydrogen-bond donors (Lipinski definition) is 2. The number of non-ortho nitro benzene ring substituents is 2. The van der Waals surface area contributed by atoms with Gasteiger partial charge in [0.05, 0.1) is 48.4 Å². The number of aromatic carboxylic acids is 2. The van der Waals surface area contributed by atoms with Crippen LogP contribution in [0.4, 0.5) is 22.7 Å². The van der Waals surface area contributed by atoms with Crippen LogP contribution in [0.2, 0.25) is 0 Å². The number of unbranched alkanes of at least 4 members (excludes halogenated alkanes) is 10. The number of nitrogens with zero attached hydrogens (tertiary/aromatic N) is 4. The molecule has 2 saturated heterocycles. The molecule has 0 spiro atoms. The highest BCUT2D eigenvalue weighted by Crippen LogP contribution is 2.31. The lowest BCUT2D eigenvalue weighted by Crippen LogP contribution is -2.33. The van der Waals surface area contributed by atoms with Crippen molar-refractivity contribution in [3.63, 3.8) is 0 Å². The molecule has 2 aliphatic heterocycles. The fraction of sp³-hybridized carbons (Fsp3) is 0.565. The van der Waals surface area contributed by atoms with Gasteiger partial charge < -0.3 is 39.0 Å². The Morgan fingerprint density at radius 3 is 1.23 bits per heavy atom. The standard InChI is InChI=1S/C46H62N4O12/c51-45(52)41-32-44(62-30-12-8-4-2-6-10-28-60-34-40-16-14-26-48(40)36-19-23-38(24-20-36)50(57)58)42(46(53)54)31-43(41)61-29-11-7-3-1-5-9-27-59-33-39-15-13-25-47(39)35-17-21-37(22-18-35)49(55)56/h17-24,31-32,39-40H,1-16,25-30,33-34H2,(H,51,52)(H,53,54)/t39-,40-/m0/s1. The Morgan fingerprint density at radius 2 is 0.887 bits per heavy atom. The number of anilines is 2. The first-order chi connectivity index (χ1) is 30.1. The molecular weight excluding hydrogens is 801 g/mol. The molecule has 3 aromatic rings. The normalized spacial score (nSPS) is 16.1. The van der Waals surface area contributed by atoms with E-state index in [1.165, 1.54) is 12.1 Å². The fourth-order valence-electron chi connectivity index (χ4n) is 8.19. The lowest BCUT2D eigenvalue weighted by Gasteiger charge is -2.26. The van der Waals surface area contributed by atoms with Crippen molar-refractivity contribution < 1.29 is 48.6 Å². The third kappa shape index (κ3) is 14.9. The van der Waals surface area contributed by atoms with Crippen molar-refractivity contribution in [3.8, 4) is 11.5 Å². The molecule has 2 heterocycles. The van der Waals surface area contributed by atoms with Crippen LogP contribution < -0.4 is 19.3 Å². The Labute approximate surface area is 363 Å². The van der Waals surface area contributed by atoms with E-state index in [0.29, 0.717) is 39.3 Å². The minimum atomic E-state index is -1.22. The zero-order valence-electron chi connectivity index (χ0n) is 35.7. The van der Waals surface area contributed by atoms with Crippen LogP contribution in [0.1, 0.15) is 123 Å². The topological polar surface area (TPSA) is 204 Å². The van der Waals surface area contributed by atoms with E-state index in [1.807, 2.05) is 0 Å². The molecule has 16 nitrogen and oxygen atoms in total. The summed E-state index contributed by atoms with van der Waals surface area (Å²) < 4.78 is 23.6. The maximum atomic E-state index is 12.1. The molecule has 2 atom stereocenters. The van der Waals surface area contributed by atoms with Crippen LogP contribution in [-0.2, 0) is 9.47 Å². The zero-order valence-corrected chi connectivity index (χ0v) is 35.7. The molecule has 0 radical (unpaired) electrons. The SMILES string of the molecule is O=C(O)c1cc(OCCCCCCCCOC[C@@H]2CCCN2c2ccc([N+](=O)[O-])cc2)c(C(=O)O)cc1OCCCCCCCCOC[C@@H]1CCCN1c1ccc([N+](=O)[O-])cc1. The summed E-state index contributed by atoms with van der Waals surface area (Å²) in [5.41, 5.74) is 1.88. The molecule has 3 aromatic carbocycles. The fourth-order valence-corrected chi connectivity index (χ4v) is 8.19. The predicted molar refractivity (Wildman–Crippen MR) is 235 cm³/mol. The summed E-state index contributed by atoms with van der Waals surface area (Å²) in [6.45, 7) is 4.96. The number of carboxylic acids is 2. The summed E-state index contributed by atoms with van der Waals surface area (Å²) in [5.74, 6) is -2.40. The van der Waals surface area contributed by atoms with Gasteiger partial charge in [0.2, 0.25) is 0 Å². The summed E-state index contributed by atoms with van der Waals surface area (Å²) >= 11 is 0. The van der Waals surface area contributed by atoms with E-state index < -0.39 is 11.9 Å². The van der Waals surface area contributed by atoms with Crippen LogP contribution in [0.5, 0.6) is 11.5 Å². The van der Waals surface area contributed by atoms with Crippen LogP contribution >= 0.6 is 0 Å². The highest BCUT2D eigenvalue weighted by Gasteiger charge is 2.27. The maximum absolute atomic E-state index is 12.1. The Balaban J connectivity index is 0.892. The van der Waals surface area contributed by atoms with Gasteiger partial charge in [0, 0.05) is 61.9 Å². The third-order valence-corrected chi connectivity index (χ3v) is 11.6. The first-order valence-corrected chi connectivity index (χ1v) is 22.2. The molecule has 2 aliphatic rings. The van der Waals surface area contributed by atoms with Crippen molar-refractivity contribution in [1.82, 2.24) is 0 Å². The summed E-state index contributed by atoms with van der Waals surface area (Å²) in [4.78, 5) is 49.9. The first kappa shape index (κ1) is 47.6. The van der Waals surface area contributed by atoms with Gasteiger partial charge in [-0.2, -0.15) is 0 Å². The lowest BCUT2D eigenvalue weighted by atomic mass is 10.1. The van der Waals surface area contributed by atoms with Crippen LogP contribution in [0.3, 0.4) is 0 Å². The summed E-state index contributed by atoms with van der Waals surface area (Å²) in [5, 5.41) is 41.7. The van der Waals surface area contributed by atoms with Crippen molar-refractivity contribution >= 4 is 34.7 Å². The summed E-state index contributed by atoms with van der Waals surface area (Å²) in [6, 6.07) is 16.4. The van der Waals surface area contributed by atoms with Crippen LogP contribution in [0, 0.1) is 20.2 Å². The van der Waals surface area contributed by atoms with Crippen LogP contribution in [0.25, 0.3) is 0 Å². The van der Waals surface area contributed by atoms with Gasteiger partial charge >= 0.3 is 11.9 Å². The molecule has 0 aromatic heterocycles. The number of nitro groups is 2. The van der Waals surface area contributed by atoms with Crippen LogP contribution in [-0.4, -0.2) is 96.8 Å². The van der Waals surface area contributed by atoms with Gasteiger partial charge in [0.15, 0.2) is 0 Å². The zero-order chi connectivity index (χ0) is 44.1. The van der Waals surface area contributed by atoms with Crippen molar-refractivity contribution in [2.75, 3.05) is 62.5 Å². The van der Waals surface area contributed by atoms with E-state index >= 15 is 0 Å². The largest absolute Gasteiger partial charge is 0.493 e. The van der Waals surface area contributed by atoms with Gasteiger partial charge in [-0.1, -0.05) is 51.4 Å². The van der Waals surface area contributed by atoms with Crippen molar-refractivity contribution in [2.24, 2.45) is 0 Å².